The summed E-state index contributed by atoms with van der Waals surface area (Å²) in [5.41, 5.74) is 11.4. The fraction of sp³-hybridized carbons (Fsp3) is 0.938. The number of aliphatic hydroxyl groups excluding tert-OH is 4. The highest BCUT2D eigenvalue weighted by Gasteiger charge is 2.41. The second-order valence-electron chi connectivity index (χ2n) is 27.7. The number of nitrogens with two attached hydrogens (primary N) is 2. The second-order valence-corrected chi connectivity index (χ2v) is 78.0. The Bertz CT molecular complexity index is 1840. The Morgan fingerprint density at radius 2 is 0.667 bits per heavy atom. The van der Waals surface area contributed by atoms with E-state index < -0.39 is 144 Å². The zero-order valence-electron chi connectivity index (χ0n) is 56.9. The number of hydrogen-bond acceptors (Lipinski definition) is 24. The van der Waals surface area contributed by atoms with Crippen LogP contribution in [0.3, 0.4) is 0 Å². The summed E-state index contributed by atoms with van der Waals surface area (Å²) in [6, 6.07) is 0. The molecule has 0 aromatic heterocycles. The maximum absolute atomic E-state index is 11.5. The predicted octanol–water partition coefficient (Wildman–Crippen LogP) is 19.0. The molecule has 2 rings (SSSR count). The van der Waals surface area contributed by atoms with Gasteiger partial charge in [0.25, 0.3) is 0 Å². The Morgan fingerprint density at radius 1 is 0.412 bits per heavy atom. The standard InChI is InChI=1S/C12H31NO6Si3.C11H29NO5Si3.2C8H25NO2Si3.C4H6O4.C3H4O3.18CH4/c1-20(2,3)18-22(6,7)19-21(4,5)10-13-12(16)17-9-11(15)8-14;1-18(2,3)16-20(6,7)17-19(4,5)10-12-11(14)15-9-8-13;2*1-12(2,3)10-14(6,7)11-13(4,5)8-9;5-1-3-2-7-4(6)8-3;4-3-5-1-2-6-3;;;;;;;;;;;;;;;;;;/h11,14-15H,8-10H2,1-7H3,(H,13,16);13H,8-10H2,1-7H3,(H,12,14);2*8-9H2,1-7H3;3,5H,1-2H2;1-2H2;18*1H4. The van der Waals surface area contributed by atoms with Crippen LogP contribution < -0.4 is 22.1 Å². The lowest BCUT2D eigenvalue weighted by Gasteiger charge is -2.37. The van der Waals surface area contributed by atoms with Crippen molar-refractivity contribution in [3.63, 3.8) is 0 Å². The first kappa shape index (κ1) is 162. The first-order valence-electron chi connectivity index (χ1n) is 28.3. The van der Waals surface area contributed by atoms with Crippen molar-refractivity contribution < 1.29 is 101 Å². The molecule has 38 heteroatoms. The van der Waals surface area contributed by atoms with Gasteiger partial charge in [0.15, 0.2) is 72.6 Å². The molecule has 2 unspecified atom stereocenters. The molecule has 0 spiro atoms. The average Bonchev–Trinajstić information content (AvgIpc) is 3.92. The topological polar surface area (TPSA) is 355 Å². The predicted molar refractivity (Wildman–Crippen MR) is 481 cm³/mol. The lowest BCUT2D eigenvalue weighted by molar-refractivity contribution is 0.0324. The second kappa shape index (κ2) is 71.7. The van der Waals surface area contributed by atoms with E-state index >= 15 is 0 Å². The van der Waals surface area contributed by atoms with Crippen LogP contribution in [0.2, 0.25) is 183 Å². The number of alkyl carbamates (subject to hydrolysis) is 2. The van der Waals surface area contributed by atoms with Gasteiger partial charge in [0.1, 0.15) is 39.1 Å². The molecule has 2 aliphatic rings. The van der Waals surface area contributed by atoms with E-state index in [0.717, 1.165) is 0 Å². The summed E-state index contributed by atoms with van der Waals surface area (Å²) >= 11 is 0. The van der Waals surface area contributed by atoms with Crippen molar-refractivity contribution in [3.8, 4) is 0 Å². The first-order chi connectivity index (χ1) is 37.3. The van der Waals surface area contributed by atoms with E-state index in [0.29, 0.717) is 37.9 Å². The number of ether oxygens (including phenoxy) is 6. The van der Waals surface area contributed by atoms with Gasteiger partial charge in [-0.25, -0.2) is 19.2 Å². The molecule has 2 atom stereocenters. The van der Waals surface area contributed by atoms with Crippen LogP contribution in [0.5, 0.6) is 0 Å². The van der Waals surface area contributed by atoms with E-state index in [-0.39, 0.29) is 167 Å². The van der Waals surface area contributed by atoms with Gasteiger partial charge in [0.05, 0.1) is 19.8 Å². The fourth-order valence-electron chi connectivity index (χ4n) is 7.63. The number of amides is 2. The number of aliphatic hydroxyl groups is 4. The highest BCUT2D eigenvalue weighted by Crippen LogP contribution is 2.23. The Kier molecular flexibility index (Phi) is 114. The molecule has 0 radical (unpaired) electrons. The smallest absolute Gasteiger partial charge is 0.447 e. The van der Waals surface area contributed by atoms with Crippen LogP contribution in [0.1, 0.15) is 134 Å². The van der Waals surface area contributed by atoms with E-state index in [4.69, 9.17) is 74.3 Å². The van der Waals surface area contributed by atoms with Gasteiger partial charge in [-0.1, -0.05) is 134 Å². The zero-order chi connectivity index (χ0) is 67.3. The monoisotopic (exact) mass is 1710 g/mol. The van der Waals surface area contributed by atoms with Crippen LogP contribution in [-0.2, 0) is 61.3 Å². The molecule has 648 valence electrons. The summed E-state index contributed by atoms with van der Waals surface area (Å²) in [4.78, 5) is 42.7. The molecule has 0 aromatic rings. The third kappa shape index (κ3) is 108. The van der Waals surface area contributed by atoms with Crippen molar-refractivity contribution in [1.29, 1.82) is 0 Å². The first-order valence-corrected chi connectivity index (χ1v) is 65.6. The number of nitrogens with one attached hydrogen (secondary N) is 2. The zero-order valence-corrected chi connectivity index (χ0v) is 68.9. The lowest BCUT2D eigenvalue weighted by Crippen LogP contribution is -2.55. The molecule has 2 amide bonds. The summed E-state index contributed by atoms with van der Waals surface area (Å²) in [6.07, 6.45) is -1.69. The largest absolute Gasteiger partial charge is 0.508 e. The average molecular weight is 1710 g/mol. The lowest BCUT2D eigenvalue weighted by atomic mass is 10.4. The summed E-state index contributed by atoms with van der Waals surface area (Å²) < 4.78 is 76.0. The maximum Gasteiger partial charge on any atom is 0.508 e. The highest BCUT2D eigenvalue weighted by atomic mass is 28.5. The van der Waals surface area contributed by atoms with E-state index in [9.17, 15) is 19.2 Å². The third-order valence-electron chi connectivity index (χ3n) is 8.92. The number of carbonyl (C=O) groups is 4. The normalized spacial score (nSPS) is 13.0. The van der Waals surface area contributed by atoms with Crippen molar-refractivity contribution in [2.24, 2.45) is 11.5 Å². The minimum absolute atomic E-state index is 0. The number of rotatable bonds is 28. The van der Waals surface area contributed by atoms with Crippen molar-refractivity contribution in [2.45, 2.75) is 329 Å². The van der Waals surface area contributed by atoms with Crippen LogP contribution >= 0.6 is 0 Å². The Hall–Kier alpha value is -0.877. The molecule has 10 N–H and O–H groups in total. The SMILES string of the molecule is C.C.C.C.C.C.C.C.C.C.C.C.C.C.C.C.C.C.C[Si](C)(C)O[Si](C)(C)O[Si](C)(C)CN.C[Si](C)(C)O[Si](C)(C)O[Si](C)(C)CN.C[Si](C)(C)O[Si](C)(C)O[Si](C)(C)CNC(=O)OCC(O)CO.C[Si](C)(C)O[Si](C)(C)O[Si](C)(C)CNC(=O)OCCO.O=C1OCC(CO)O1.O=C1OCCO1. The molecule has 0 aliphatic carbocycles. The minimum Gasteiger partial charge on any atom is -0.447 e. The van der Waals surface area contributed by atoms with Crippen molar-refractivity contribution in [3.05, 3.63) is 0 Å². The van der Waals surface area contributed by atoms with Gasteiger partial charge in [-0.3, -0.25) is 0 Å². The summed E-state index contributed by atoms with van der Waals surface area (Å²) in [5, 5.41) is 40.0. The van der Waals surface area contributed by atoms with Gasteiger partial charge >= 0.3 is 58.7 Å². The van der Waals surface area contributed by atoms with Gasteiger partial charge in [-0.2, -0.15) is 0 Å². The Morgan fingerprint density at radius 3 is 0.843 bits per heavy atom. The van der Waals surface area contributed by atoms with Crippen molar-refractivity contribution in [1.82, 2.24) is 10.6 Å². The Balaban J connectivity index is -0.0000000375. The maximum atomic E-state index is 11.5. The fourth-order valence-corrected chi connectivity index (χ4v) is 57.1. The van der Waals surface area contributed by atoms with Gasteiger partial charge in [-0.05, 0) is 183 Å². The number of cyclic esters (lactones) is 4. The summed E-state index contributed by atoms with van der Waals surface area (Å²) in [5.74, 6) is 0. The van der Waals surface area contributed by atoms with Crippen molar-refractivity contribution >= 4 is 125 Å². The quantitative estimate of drug-likeness (QED) is 0.0205. The molecular formula is C64H192N4O22Si12. The van der Waals surface area contributed by atoms with Gasteiger partial charge in [0.2, 0.25) is 0 Å². The van der Waals surface area contributed by atoms with Crippen LogP contribution in [0, 0.1) is 0 Å². The number of carbonyl (C=O) groups excluding carboxylic acids is 4. The van der Waals surface area contributed by atoms with Crippen LogP contribution in [0.25, 0.3) is 0 Å². The minimum atomic E-state index is -2.23. The van der Waals surface area contributed by atoms with E-state index in [1.165, 1.54) is 0 Å². The molecule has 2 saturated heterocycles. The van der Waals surface area contributed by atoms with Crippen LogP contribution in [0.15, 0.2) is 0 Å². The summed E-state index contributed by atoms with van der Waals surface area (Å²) in [7, 11) is -22.1. The van der Waals surface area contributed by atoms with Crippen molar-refractivity contribution in [2.75, 3.05) is 77.5 Å². The third-order valence-corrected chi connectivity index (χ3v) is 47.3. The van der Waals surface area contributed by atoms with Crippen LogP contribution in [-0.4, -0.2) is 235 Å². The number of hydrogen-bond donors (Lipinski definition) is 8. The molecule has 0 aromatic carbocycles. The molecule has 2 fully saturated rings. The molecule has 2 heterocycles. The van der Waals surface area contributed by atoms with Gasteiger partial charge in [0, 0.05) is 24.7 Å². The van der Waals surface area contributed by atoms with E-state index in [2.05, 4.69) is 161 Å². The highest BCUT2D eigenvalue weighted by molar-refractivity contribution is 6.90. The Labute approximate surface area is 651 Å². The molecular weight excluding hydrogens is 1510 g/mol. The molecule has 102 heavy (non-hydrogen) atoms. The van der Waals surface area contributed by atoms with E-state index in [1.54, 1.807) is 0 Å². The molecule has 0 bridgehead atoms. The van der Waals surface area contributed by atoms with Crippen LogP contribution in [0.4, 0.5) is 19.2 Å². The van der Waals surface area contributed by atoms with E-state index in [1.807, 2.05) is 52.4 Å². The van der Waals surface area contributed by atoms with Gasteiger partial charge < -0.3 is 104 Å². The summed E-state index contributed by atoms with van der Waals surface area (Å²) in [6.45, 7) is 59.3. The molecule has 0 saturated carbocycles. The molecule has 26 nitrogen and oxygen atoms in total. The molecule has 2 aliphatic heterocycles. The van der Waals surface area contributed by atoms with Gasteiger partial charge in [-0.15, -0.1) is 0 Å².